The fraction of sp³-hybridized carbons (Fsp3) is 0.926. The molecule has 0 fully saturated rings. The highest BCUT2D eigenvalue weighted by molar-refractivity contribution is 7.79. The highest BCUT2D eigenvalue weighted by atomic mass is 32.3. The van der Waals surface area contributed by atoms with Gasteiger partial charge in [0.25, 0.3) is 0 Å². The van der Waals surface area contributed by atoms with Gasteiger partial charge in [-0.25, -0.2) is 0 Å². The normalized spacial score (nSPS) is 12.2. The van der Waals surface area contributed by atoms with Crippen molar-refractivity contribution in [2.24, 2.45) is 0 Å². The molecular formula is C54H112N2O10S. The van der Waals surface area contributed by atoms with Crippen molar-refractivity contribution in [3.63, 3.8) is 0 Å². The Kier molecular flexibility index (Phi) is 58.7. The standard InChI is InChI=1S/2C27H56NO3.H2O4S/c2*1-2-3-4-5-6-7-8-9-10-11-12-13-14-15-16-17-21-28(22-18-25-29,23-19-26-30)24-20-27-31;1-5(2,3)4/h2*9-10,29-31H,2-8,11-27H2,1H3;(H2,1,2,3,4)/q2*+1;/p-2/b2*10-9-;. The highest BCUT2D eigenvalue weighted by Gasteiger charge is 2.26. The van der Waals surface area contributed by atoms with E-state index in [-0.39, 0.29) is 39.6 Å². The van der Waals surface area contributed by atoms with Crippen molar-refractivity contribution in [2.75, 3.05) is 92.0 Å². The number of rotatable bonds is 50. The molecule has 0 saturated carbocycles. The lowest BCUT2D eigenvalue weighted by Gasteiger charge is -2.39. The predicted molar refractivity (Wildman–Crippen MR) is 279 cm³/mol. The predicted octanol–water partition coefficient (Wildman–Crippen LogP) is 10.6. The first-order valence-corrected chi connectivity index (χ1v) is 29.1. The fourth-order valence-electron chi connectivity index (χ4n) is 9.17. The van der Waals surface area contributed by atoms with Gasteiger partial charge in [0, 0.05) is 88.6 Å². The van der Waals surface area contributed by atoms with E-state index in [0.717, 1.165) is 99.8 Å². The summed E-state index contributed by atoms with van der Waals surface area (Å²) in [5.41, 5.74) is 0. The summed E-state index contributed by atoms with van der Waals surface area (Å²) in [4.78, 5) is 0. The molecule has 12 nitrogen and oxygen atoms in total. The van der Waals surface area contributed by atoms with E-state index in [9.17, 15) is 30.6 Å². The van der Waals surface area contributed by atoms with Crippen molar-refractivity contribution in [3.05, 3.63) is 24.3 Å². The van der Waals surface area contributed by atoms with Gasteiger partial charge in [0.2, 0.25) is 0 Å². The van der Waals surface area contributed by atoms with Crippen LogP contribution in [-0.4, -0.2) is 149 Å². The van der Waals surface area contributed by atoms with E-state index in [1.165, 1.54) is 180 Å². The molecule has 0 unspecified atom stereocenters. The number of nitrogens with zero attached hydrogens (tertiary/aromatic N) is 2. The molecule has 0 amide bonds. The Balaban J connectivity index is -0.00000111. The molecule has 0 spiro atoms. The molecule has 6 N–H and O–H groups in total. The molecule has 0 aliphatic rings. The van der Waals surface area contributed by atoms with E-state index in [1.54, 1.807) is 0 Å². The Hall–Kier alpha value is -0.970. The van der Waals surface area contributed by atoms with Crippen LogP contribution in [0.1, 0.15) is 232 Å². The summed E-state index contributed by atoms with van der Waals surface area (Å²) in [6.45, 7) is 13.9. The number of allylic oxidation sites excluding steroid dienone is 4. The highest BCUT2D eigenvalue weighted by Crippen LogP contribution is 2.18. The number of hydrogen-bond donors (Lipinski definition) is 6. The number of aliphatic hydroxyl groups excluding tert-OH is 6. The third-order valence-corrected chi connectivity index (χ3v) is 13.0. The minimum atomic E-state index is -5.17. The van der Waals surface area contributed by atoms with Gasteiger partial charge in [0.15, 0.2) is 0 Å². The van der Waals surface area contributed by atoms with Gasteiger partial charge >= 0.3 is 0 Å². The Morgan fingerprint density at radius 3 is 0.657 bits per heavy atom. The lowest BCUT2D eigenvalue weighted by atomic mass is 10.1. The first kappa shape index (κ1) is 70.3. The molecule has 0 heterocycles. The van der Waals surface area contributed by atoms with Gasteiger partial charge in [-0.1, -0.05) is 141 Å². The zero-order chi connectivity index (χ0) is 50.3. The van der Waals surface area contributed by atoms with Crippen LogP contribution in [0.15, 0.2) is 24.3 Å². The summed E-state index contributed by atoms with van der Waals surface area (Å²) in [6, 6.07) is 0. The van der Waals surface area contributed by atoms with Gasteiger partial charge in [-0.05, 0) is 77.0 Å². The van der Waals surface area contributed by atoms with E-state index in [1.807, 2.05) is 0 Å². The molecule has 0 saturated heterocycles. The molecule has 404 valence electrons. The maximum atomic E-state index is 9.28. The van der Waals surface area contributed by atoms with Gasteiger partial charge in [-0.15, -0.1) is 0 Å². The Morgan fingerprint density at radius 2 is 0.463 bits per heavy atom. The minimum Gasteiger partial charge on any atom is -0.759 e. The molecule has 0 aliphatic heterocycles. The van der Waals surface area contributed by atoms with Crippen LogP contribution < -0.4 is 0 Å². The van der Waals surface area contributed by atoms with E-state index in [0.29, 0.717) is 0 Å². The monoisotopic (exact) mass is 981 g/mol. The van der Waals surface area contributed by atoms with Crippen LogP contribution in [-0.2, 0) is 10.4 Å². The third kappa shape index (κ3) is 57.5. The number of aliphatic hydroxyl groups is 6. The first-order chi connectivity index (χ1) is 32.5. The van der Waals surface area contributed by atoms with Gasteiger partial charge in [-0.2, -0.15) is 0 Å². The molecule has 67 heavy (non-hydrogen) atoms. The fourth-order valence-corrected chi connectivity index (χ4v) is 9.17. The van der Waals surface area contributed by atoms with Crippen LogP contribution in [0.3, 0.4) is 0 Å². The van der Waals surface area contributed by atoms with Crippen LogP contribution in [0.2, 0.25) is 0 Å². The van der Waals surface area contributed by atoms with E-state index in [4.69, 9.17) is 17.5 Å². The molecule has 0 aromatic heterocycles. The smallest absolute Gasteiger partial charge is 0.0808 e. The lowest BCUT2D eigenvalue weighted by molar-refractivity contribution is -0.929. The second kappa shape index (κ2) is 56.0. The molecule has 0 radical (unpaired) electrons. The second-order valence-electron chi connectivity index (χ2n) is 19.2. The minimum absolute atomic E-state index is 0.228. The van der Waals surface area contributed by atoms with Crippen molar-refractivity contribution < 1.29 is 57.1 Å². The topological polar surface area (TPSA) is 202 Å². The van der Waals surface area contributed by atoms with Crippen LogP contribution >= 0.6 is 0 Å². The van der Waals surface area contributed by atoms with Crippen molar-refractivity contribution in [2.45, 2.75) is 232 Å². The third-order valence-electron chi connectivity index (χ3n) is 13.0. The van der Waals surface area contributed by atoms with Gasteiger partial charge in [-0.3, -0.25) is 8.42 Å². The summed E-state index contributed by atoms with van der Waals surface area (Å²) in [5.74, 6) is 0. The SMILES string of the molecule is CCCCCCCC/C=C\CCCCCCCC[N+](CCCO)(CCCO)CCCO.CCCCCCCC/C=C\CCCCCCCC[N+](CCCO)(CCCO)CCCO.O=S(=O)([O-])[O-]. The van der Waals surface area contributed by atoms with Gasteiger partial charge < -0.3 is 48.7 Å². The molecule has 0 atom stereocenters. The lowest BCUT2D eigenvalue weighted by Crippen LogP contribution is -2.51. The molecule has 0 aromatic carbocycles. The van der Waals surface area contributed by atoms with E-state index >= 15 is 0 Å². The first-order valence-electron chi connectivity index (χ1n) is 27.8. The molecule has 0 rings (SSSR count). The van der Waals surface area contributed by atoms with Crippen LogP contribution in [0.25, 0.3) is 0 Å². The molecule has 0 aromatic rings. The average Bonchev–Trinajstić information content (AvgIpc) is 3.31. The number of hydrogen-bond acceptors (Lipinski definition) is 10. The van der Waals surface area contributed by atoms with Gasteiger partial charge in [0.1, 0.15) is 0 Å². The molecule has 0 aliphatic carbocycles. The van der Waals surface area contributed by atoms with Crippen LogP contribution in [0, 0.1) is 0 Å². The maximum Gasteiger partial charge on any atom is 0.0808 e. The van der Waals surface area contributed by atoms with Crippen LogP contribution in [0.5, 0.6) is 0 Å². The Bertz CT molecular complexity index is 990. The quantitative estimate of drug-likeness (QED) is 0.0112. The summed E-state index contributed by atoms with van der Waals surface area (Å²) < 4.78 is 36.0. The maximum absolute atomic E-state index is 9.28. The average molecular weight is 982 g/mol. The van der Waals surface area contributed by atoms with Gasteiger partial charge in [0.05, 0.1) is 52.4 Å². The van der Waals surface area contributed by atoms with Crippen molar-refractivity contribution in [1.82, 2.24) is 0 Å². The molecular weight excluding hydrogens is 869 g/mol. The zero-order valence-corrected chi connectivity index (χ0v) is 44.7. The summed E-state index contributed by atoms with van der Waals surface area (Å²) in [7, 11) is -5.17. The molecule has 13 heteroatoms. The van der Waals surface area contributed by atoms with Crippen LogP contribution in [0.4, 0.5) is 0 Å². The number of unbranched alkanes of at least 4 members (excludes halogenated alkanes) is 24. The Morgan fingerprint density at radius 1 is 0.299 bits per heavy atom. The largest absolute Gasteiger partial charge is 0.759 e. The second-order valence-corrected chi connectivity index (χ2v) is 20.0. The van der Waals surface area contributed by atoms with Crippen molar-refractivity contribution in [1.29, 1.82) is 0 Å². The molecule has 0 bridgehead atoms. The summed E-state index contributed by atoms with van der Waals surface area (Å²) in [6.07, 6.45) is 51.5. The zero-order valence-electron chi connectivity index (χ0n) is 43.9. The Labute approximate surface area is 414 Å². The van der Waals surface area contributed by atoms with Crippen molar-refractivity contribution >= 4 is 10.4 Å². The summed E-state index contributed by atoms with van der Waals surface area (Å²) >= 11 is 0. The van der Waals surface area contributed by atoms with E-state index < -0.39 is 10.4 Å². The van der Waals surface area contributed by atoms with Crippen molar-refractivity contribution in [3.8, 4) is 0 Å². The van der Waals surface area contributed by atoms with E-state index in [2.05, 4.69) is 38.2 Å². The summed E-state index contributed by atoms with van der Waals surface area (Å²) in [5, 5.41) is 55.7. The number of quaternary nitrogens is 2.